The summed E-state index contributed by atoms with van der Waals surface area (Å²) in [5.74, 6) is 1.95. The van der Waals surface area contributed by atoms with Crippen molar-refractivity contribution >= 4 is 11.9 Å². The van der Waals surface area contributed by atoms with Gasteiger partial charge < -0.3 is 14.2 Å². The van der Waals surface area contributed by atoms with Crippen LogP contribution in [0.3, 0.4) is 0 Å². The number of nitrogens with zero attached hydrogens (tertiary/aromatic N) is 1. The second kappa shape index (κ2) is 9.69. The van der Waals surface area contributed by atoms with Gasteiger partial charge in [-0.25, -0.2) is 0 Å². The molecular weight excluding hydrogens is 402 g/mol. The Hall–Kier alpha value is -3.60. The van der Waals surface area contributed by atoms with Crippen LogP contribution in [-0.2, 0) is 19.3 Å². The Morgan fingerprint density at radius 2 is 1.78 bits per heavy atom. The number of ether oxygens (including phenoxy) is 3. The Balaban J connectivity index is 1.50. The van der Waals surface area contributed by atoms with Gasteiger partial charge in [-0.15, -0.1) is 0 Å². The molecular formula is C27H27NO4. The number of carbonyl (C=O) groups excluding carboxylic acids is 1. The molecule has 0 N–H and O–H groups in total. The molecule has 1 heterocycles. The fraction of sp³-hybridized carbons (Fsp3) is 0.259. The molecule has 0 atom stereocenters. The molecule has 0 spiro atoms. The van der Waals surface area contributed by atoms with Gasteiger partial charge in [-0.1, -0.05) is 31.2 Å². The first-order chi connectivity index (χ1) is 15.6. The topological polar surface area (TPSA) is 57.7 Å². The number of carbonyl (C=O) groups is 1. The lowest BCUT2D eigenvalue weighted by Crippen LogP contribution is -2.04. The van der Waals surface area contributed by atoms with Crippen molar-refractivity contribution in [3.8, 4) is 17.2 Å². The molecule has 1 aromatic heterocycles. The smallest absolute Gasteiger partial charge is 0.189 e. The third-order valence-electron chi connectivity index (χ3n) is 5.69. The third-order valence-corrected chi connectivity index (χ3v) is 5.69. The fourth-order valence-electron chi connectivity index (χ4n) is 3.85. The van der Waals surface area contributed by atoms with Crippen LogP contribution < -0.4 is 14.2 Å². The maximum Gasteiger partial charge on any atom is 0.189 e. The van der Waals surface area contributed by atoms with Gasteiger partial charge in [0.25, 0.3) is 0 Å². The lowest BCUT2D eigenvalue weighted by Gasteiger charge is -2.10. The molecule has 0 bridgehead atoms. The summed E-state index contributed by atoms with van der Waals surface area (Å²) >= 11 is 0. The summed E-state index contributed by atoms with van der Waals surface area (Å²) < 4.78 is 16.8. The number of fused-ring (bicyclic) bond motifs is 1. The third kappa shape index (κ3) is 4.52. The monoisotopic (exact) mass is 429 g/mol. The van der Waals surface area contributed by atoms with Crippen molar-refractivity contribution in [1.29, 1.82) is 0 Å². The van der Waals surface area contributed by atoms with Gasteiger partial charge in [0.1, 0.15) is 5.75 Å². The standard InChI is InChI=1S/C27H27NO4/c1-4-18-9-10-22(28-17-18)11-12-32-24-8-6-5-7-19(24)13-21-14-20-15-25(30-2)26(31-3)16-23(20)27(21)29/h5-10,13,15-17H,4,11-12,14H2,1-3H3. The van der Waals surface area contributed by atoms with E-state index in [9.17, 15) is 4.79 Å². The van der Waals surface area contributed by atoms with Crippen LogP contribution in [0.4, 0.5) is 0 Å². The number of Topliss-reactive ketones (excluding diaryl/α,β-unsaturated/α-hetero) is 1. The zero-order valence-corrected chi connectivity index (χ0v) is 18.7. The number of para-hydroxylation sites is 1. The van der Waals surface area contributed by atoms with E-state index in [0.29, 0.717) is 30.1 Å². The second-order valence-corrected chi connectivity index (χ2v) is 7.69. The molecule has 0 saturated heterocycles. The SMILES string of the molecule is CCc1ccc(CCOc2ccccc2C=C2Cc3cc(OC)c(OC)cc3C2=O)nc1. The van der Waals surface area contributed by atoms with E-state index in [-0.39, 0.29) is 5.78 Å². The van der Waals surface area contributed by atoms with Gasteiger partial charge >= 0.3 is 0 Å². The fourth-order valence-corrected chi connectivity index (χ4v) is 3.85. The van der Waals surface area contributed by atoms with Gasteiger partial charge in [-0.3, -0.25) is 9.78 Å². The van der Waals surface area contributed by atoms with E-state index in [1.54, 1.807) is 20.3 Å². The summed E-state index contributed by atoms with van der Waals surface area (Å²) in [6.45, 7) is 2.63. The number of allylic oxidation sites excluding steroid dienone is 1. The minimum absolute atomic E-state index is 0.0102. The molecule has 0 aliphatic heterocycles. The highest BCUT2D eigenvalue weighted by molar-refractivity contribution is 6.16. The number of methoxy groups -OCH3 is 2. The molecule has 3 aromatic rings. The molecule has 0 radical (unpaired) electrons. The summed E-state index contributed by atoms with van der Waals surface area (Å²) in [6.07, 6.45) is 6.09. The van der Waals surface area contributed by atoms with Crippen molar-refractivity contribution in [3.05, 3.63) is 88.2 Å². The number of hydrogen-bond donors (Lipinski definition) is 0. The first kappa shape index (κ1) is 21.6. The van der Waals surface area contributed by atoms with Crippen molar-refractivity contribution < 1.29 is 19.0 Å². The maximum atomic E-state index is 13.0. The average molecular weight is 430 g/mol. The first-order valence-electron chi connectivity index (χ1n) is 10.8. The average Bonchev–Trinajstić information content (AvgIpc) is 3.13. The van der Waals surface area contributed by atoms with Crippen molar-refractivity contribution in [2.24, 2.45) is 0 Å². The first-order valence-corrected chi connectivity index (χ1v) is 10.8. The molecule has 5 nitrogen and oxygen atoms in total. The highest BCUT2D eigenvalue weighted by Crippen LogP contribution is 2.37. The molecule has 0 unspecified atom stereocenters. The van der Waals surface area contributed by atoms with Gasteiger partial charge in [0.15, 0.2) is 17.3 Å². The number of aromatic nitrogens is 1. The predicted octanol–water partition coefficient (Wildman–Crippen LogP) is 5.11. The Morgan fingerprint density at radius 1 is 1.00 bits per heavy atom. The van der Waals surface area contributed by atoms with E-state index in [1.807, 2.05) is 48.7 Å². The molecule has 0 amide bonds. The predicted molar refractivity (Wildman–Crippen MR) is 125 cm³/mol. The van der Waals surface area contributed by atoms with Crippen LogP contribution in [0, 0.1) is 0 Å². The van der Waals surface area contributed by atoms with Crippen molar-refractivity contribution in [2.45, 2.75) is 26.2 Å². The second-order valence-electron chi connectivity index (χ2n) is 7.69. The van der Waals surface area contributed by atoms with E-state index < -0.39 is 0 Å². The lowest BCUT2D eigenvalue weighted by molar-refractivity contribution is 0.104. The quantitative estimate of drug-likeness (QED) is 0.466. The Bertz CT molecular complexity index is 1150. The van der Waals surface area contributed by atoms with E-state index in [4.69, 9.17) is 14.2 Å². The molecule has 32 heavy (non-hydrogen) atoms. The minimum atomic E-state index is 0.0102. The molecule has 4 rings (SSSR count). The van der Waals surface area contributed by atoms with Gasteiger partial charge in [0, 0.05) is 41.4 Å². The van der Waals surface area contributed by atoms with E-state index in [1.165, 1.54) is 5.56 Å². The van der Waals surface area contributed by atoms with Crippen LogP contribution >= 0.6 is 0 Å². The highest BCUT2D eigenvalue weighted by Gasteiger charge is 2.27. The van der Waals surface area contributed by atoms with Crippen LogP contribution in [0.5, 0.6) is 17.2 Å². The molecule has 0 fully saturated rings. The number of benzene rings is 2. The summed E-state index contributed by atoms with van der Waals surface area (Å²) in [6, 6.07) is 15.6. The Labute approximate surface area is 188 Å². The number of ketones is 1. The number of pyridine rings is 1. The van der Waals surface area contributed by atoms with Crippen molar-refractivity contribution in [2.75, 3.05) is 20.8 Å². The van der Waals surface area contributed by atoms with Crippen LogP contribution in [0.2, 0.25) is 0 Å². The normalized spacial score (nSPS) is 13.8. The Morgan fingerprint density at radius 3 is 2.50 bits per heavy atom. The van der Waals surface area contributed by atoms with Crippen molar-refractivity contribution in [1.82, 2.24) is 4.98 Å². The maximum absolute atomic E-state index is 13.0. The summed E-state index contributed by atoms with van der Waals surface area (Å²) in [5, 5.41) is 0. The highest BCUT2D eigenvalue weighted by atomic mass is 16.5. The number of rotatable bonds is 8. The molecule has 1 aliphatic rings. The van der Waals surface area contributed by atoms with E-state index in [2.05, 4.69) is 18.0 Å². The van der Waals surface area contributed by atoms with Crippen LogP contribution in [0.25, 0.3) is 6.08 Å². The largest absolute Gasteiger partial charge is 0.493 e. The van der Waals surface area contributed by atoms with Crippen molar-refractivity contribution in [3.63, 3.8) is 0 Å². The molecule has 0 saturated carbocycles. The number of aryl methyl sites for hydroxylation is 1. The summed E-state index contributed by atoms with van der Waals surface area (Å²) in [7, 11) is 3.17. The summed E-state index contributed by atoms with van der Waals surface area (Å²) in [5.41, 5.74) is 5.44. The van der Waals surface area contributed by atoms with Crippen LogP contribution in [0.1, 0.15) is 39.7 Å². The van der Waals surface area contributed by atoms with Crippen LogP contribution in [0.15, 0.2) is 60.3 Å². The van der Waals surface area contributed by atoms with Gasteiger partial charge in [0.05, 0.1) is 20.8 Å². The van der Waals surface area contributed by atoms with Gasteiger partial charge in [-0.05, 0) is 47.9 Å². The van der Waals surface area contributed by atoms with Gasteiger partial charge in [0.2, 0.25) is 0 Å². The van der Waals surface area contributed by atoms with E-state index in [0.717, 1.165) is 41.0 Å². The molecule has 2 aromatic carbocycles. The summed E-state index contributed by atoms with van der Waals surface area (Å²) in [4.78, 5) is 17.5. The molecule has 5 heteroatoms. The zero-order valence-electron chi connectivity index (χ0n) is 18.7. The number of hydrogen-bond acceptors (Lipinski definition) is 5. The van der Waals surface area contributed by atoms with Crippen LogP contribution in [-0.4, -0.2) is 31.6 Å². The molecule has 1 aliphatic carbocycles. The molecule has 164 valence electrons. The van der Waals surface area contributed by atoms with Gasteiger partial charge in [-0.2, -0.15) is 0 Å². The lowest BCUT2D eigenvalue weighted by atomic mass is 10.1. The zero-order chi connectivity index (χ0) is 22.5. The van der Waals surface area contributed by atoms with E-state index >= 15 is 0 Å². The minimum Gasteiger partial charge on any atom is -0.493 e. The Kier molecular flexibility index (Phi) is 6.55.